The first kappa shape index (κ1) is 23.2. The number of benzene rings is 2. The van der Waals surface area contributed by atoms with Gasteiger partial charge >= 0.3 is 6.09 Å². The van der Waals surface area contributed by atoms with Gasteiger partial charge in [-0.3, -0.25) is 0 Å². The van der Waals surface area contributed by atoms with E-state index < -0.39 is 11.9 Å². The van der Waals surface area contributed by atoms with Crippen LogP contribution in [0.25, 0.3) is 22.2 Å². The molecule has 3 aromatic rings. The number of fused-ring (bicyclic) bond motifs is 1. The van der Waals surface area contributed by atoms with Crippen LogP contribution < -0.4 is 10.1 Å². The summed E-state index contributed by atoms with van der Waals surface area (Å²) in [4.78, 5) is 19.8. The molecule has 1 aliphatic rings. The SMILES string of the molecule is C[C@H](NC(=O)Oc1c(CN(C)C)c(-c2ccccc2)nc2ccc(F)cc12)C1CCCCC1. The van der Waals surface area contributed by atoms with Crippen LogP contribution in [0.3, 0.4) is 0 Å². The Morgan fingerprint density at radius 1 is 1.15 bits per heavy atom. The van der Waals surface area contributed by atoms with E-state index in [9.17, 15) is 9.18 Å². The van der Waals surface area contributed by atoms with Crippen molar-refractivity contribution < 1.29 is 13.9 Å². The Labute approximate surface area is 195 Å². The Balaban J connectivity index is 1.75. The molecular formula is C27H32FN3O2. The normalized spacial score (nSPS) is 15.5. The lowest BCUT2D eigenvalue weighted by Crippen LogP contribution is -2.40. The Morgan fingerprint density at radius 3 is 2.58 bits per heavy atom. The number of ether oxygens (including phenoxy) is 1. The van der Waals surface area contributed by atoms with E-state index in [1.165, 1.54) is 31.4 Å². The lowest BCUT2D eigenvalue weighted by atomic mass is 9.85. The van der Waals surface area contributed by atoms with Crippen molar-refractivity contribution in [2.45, 2.75) is 51.6 Å². The minimum atomic E-state index is -0.510. The number of hydrogen-bond acceptors (Lipinski definition) is 4. The molecule has 1 atom stereocenters. The number of aromatic nitrogens is 1. The van der Waals surface area contributed by atoms with Crippen LogP contribution in [0.5, 0.6) is 5.75 Å². The van der Waals surface area contributed by atoms with Crippen LogP contribution in [0.2, 0.25) is 0 Å². The maximum Gasteiger partial charge on any atom is 0.412 e. The Morgan fingerprint density at radius 2 is 1.88 bits per heavy atom. The van der Waals surface area contributed by atoms with Gasteiger partial charge in [-0.1, -0.05) is 49.6 Å². The minimum absolute atomic E-state index is 0.0218. The van der Waals surface area contributed by atoms with Crippen LogP contribution in [0.4, 0.5) is 9.18 Å². The molecule has 1 heterocycles. The van der Waals surface area contributed by atoms with Crippen molar-refractivity contribution in [1.82, 2.24) is 15.2 Å². The highest BCUT2D eigenvalue weighted by Gasteiger charge is 2.25. The molecule has 0 radical (unpaired) electrons. The first-order valence-electron chi connectivity index (χ1n) is 11.7. The number of carbonyl (C=O) groups excluding carboxylic acids is 1. The fourth-order valence-corrected chi connectivity index (χ4v) is 4.72. The van der Waals surface area contributed by atoms with Gasteiger partial charge in [0.25, 0.3) is 0 Å². The highest BCUT2D eigenvalue weighted by molar-refractivity contribution is 5.92. The first-order chi connectivity index (χ1) is 15.9. The Bertz CT molecular complexity index is 1110. The summed E-state index contributed by atoms with van der Waals surface area (Å²) in [6, 6.07) is 14.2. The maximum absolute atomic E-state index is 14.2. The second-order valence-corrected chi connectivity index (χ2v) is 9.25. The number of pyridine rings is 1. The van der Waals surface area contributed by atoms with Gasteiger partial charge in [0.1, 0.15) is 11.6 Å². The molecule has 0 saturated heterocycles. The van der Waals surface area contributed by atoms with Crippen LogP contribution in [-0.4, -0.2) is 36.1 Å². The summed E-state index contributed by atoms with van der Waals surface area (Å²) >= 11 is 0. The third-order valence-electron chi connectivity index (χ3n) is 6.41. The summed E-state index contributed by atoms with van der Waals surface area (Å²) in [6.45, 7) is 2.53. The van der Waals surface area contributed by atoms with Crippen molar-refractivity contribution in [3.63, 3.8) is 0 Å². The minimum Gasteiger partial charge on any atom is -0.409 e. The quantitative estimate of drug-likeness (QED) is 0.490. The van der Waals surface area contributed by atoms with E-state index in [4.69, 9.17) is 9.72 Å². The van der Waals surface area contributed by atoms with Gasteiger partial charge in [0.2, 0.25) is 0 Å². The first-order valence-corrected chi connectivity index (χ1v) is 11.7. The van der Waals surface area contributed by atoms with Crippen molar-refractivity contribution >= 4 is 17.0 Å². The van der Waals surface area contributed by atoms with E-state index >= 15 is 0 Å². The van der Waals surface area contributed by atoms with Gasteiger partial charge in [-0.15, -0.1) is 0 Å². The largest absolute Gasteiger partial charge is 0.412 e. The number of rotatable bonds is 6. The van der Waals surface area contributed by atoms with Crippen molar-refractivity contribution in [3.8, 4) is 17.0 Å². The molecule has 0 unspecified atom stereocenters. The predicted molar refractivity (Wildman–Crippen MR) is 130 cm³/mol. The zero-order valence-electron chi connectivity index (χ0n) is 19.6. The Kier molecular flexibility index (Phi) is 7.23. The van der Waals surface area contributed by atoms with Crippen molar-refractivity contribution in [1.29, 1.82) is 0 Å². The second-order valence-electron chi connectivity index (χ2n) is 9.25. The molecule has 0 bridgehead atoms. The number of amides is 1. The van der Waals surface area contributed by atoms with Crippen LogP contribution in [-0.2, 0) is 6.54 Å². The van der Waals surface area contributed by atoms with E-state index in [1.54, 1.807) is 6.07 Å². The standard InChI is InChI=1S/C27H32FN3O2/c1-18(19-10-6-4-7-11-19)29-27(32)33-26-22-16-21(28)14-15-24(22)30-25(23(26)17-31(2)3)20-12-8-5-9-13-20/h5,8-9,12-16,18-19H,4,6-7,10-11,17H2,1-3H3,(H,29,32)/t18-/m0/s1. The van der Waals surface area contributed by atoms with Crippen LogP contribution in [0.15, 0.2) is 48.5 Å². The molecule has 5 nitrogen and oxygen atoms in total. The molecule has 2 aromatic carbocycles. The third kappa shape index (κ3) is 5.50. The summed E-state index contributed by atoms with van der Waals surface area (Å²) in [6.07, 6.45) is 5.40. The molecule has 1 fully saturated rings. The van der Waals surface area contributed by atoms with Gasteiger partial charge in [0, 0.05) is 29.1 Å². The molecule has 1 saturated carbocycles. The molecule has 4 rings (SSSR count). The smallest absolute Gasteiger partial charge is 0.409 e. The van der Waals surface area contributed by atoms with E-state index in [-0.39, 0.29) is 6.04 Å². The van der Waals surface area contributed by atoms with Gasteiger partial charge < -0.3 is 15.0 Å². The van der Waals surface area contributed by atoms with Gasteiger partial charge in [0.05, 0.1) is 11.2 Å². The summed E-state index contributed by atoms with van der Waals surface area (Å²) < 4.78 is 20.2. The molecule has 1 amide bonds. The maximum atomic E-state index is 14.2. The van der Waals surface area contributed by atoms with Crippen molar-refractivity contribution in [3.05, 3.63) is 59.9 Å². The van der Waals surface area contributed by atoms with Gasteiger partial charge in [-0.05, 0) is 58.0 Å². The summed E-state index contributed by atoms with van der Waals surface area (Å²) in [7, 11) is 3.89. The molecule has 6 heteroatoms. The molecule has 0 spiro atoms. The van der Waals surface area contributed by atoms with E-state index in [2.05, 4.69) is 5.32 Å². The van der Waals surface area contributed by atoms with E-state index in [1.807, 2.05) is 56.3 Å². The van der Waals surface area contributed by atoms with Crippen LogP contribution in [0.1, 0.15) is 44.6 Å². The highest BCUT2D eigenvalue weighted by Crippen LogP contribution is 2.37. The Hall–Kier alpha value is -2.99. The molecule has 1 aliphatic carbocycles. The fourth-order valence-electron chi connectivity index (χ4n) is 4.72. The van der Waals surface area contributed by atoms with Crippen molar-refractivity contribution in [2.24, 2.45) is 5.92 Å². The summed E-state index contributed by atoms with van der Waals surface area (Å²) in [5.41, 5.74) is 2.98. The average molecular weight is 450 g/mol. The molecular weight excluding hydrogens is 417 g/mol. The van der Waals surface area contributed by atoms with E-state index in [0.29, 0.717) is 29.1 Å². The molecule has 1 aromatic heterocycles. The number of nitrogens with one attached hydrogen (secondary N) is 1. The zero-order valence-corrected chi connectivity index (χ0v) is 19.6. The third-order valence-corrected chi connectivity index (χ3v) is 6.41. The molecule has 174 valence electrons. The number of carbonyl (C=O) groups is 1. The molecule has 0 aliphatic heterocycles. The lowest BCUT2D eigenvalue weighted by molar-refractivity contribution is 0.186. The van der Waals surface area contributed by atoms with Gasteiger partial charge in [-0.2, -0.15) is 0 Å². The van der Waals surface area contributed by atoms with Crippen LogP contribution >= 0.6 is 0 Å². The molecule has 33 heavy (non-hydrogen) atoms. The predicted octanol–water partition coefficient (Wildman–Crippen LogP) is 6.16. The summed E-state index contributed by atoms with van der Waals surface area (Å²) in [5, 5.41) is 3.52. The van der Waals surface area contributed by atoms with Gasteiger partial charge in [0.15, 0.2) is 0 Å². The van der Waals surface area contributed by atoms with Gasteiger partial charge in [-0.25, -0.2) is 14.2 Å². The summed E-state index contributed by atoms with van der Waals surface area (Å²) in [5.74, 6) is 0.424. The number of halogens is 1. The highest BCUT2D eigenvalue weighted by atomic mass is 19.1. The van der Waals surface area contributed by atoms with Crippen molar-refractivity contribution in [2.75, 3.05) is 14.1 Å². The second kappa shape index (κ2) is 10.3. The average Bonchev–Trinajstić information content (AvgIpc) is 2.81. The number of hydrogen-bond donors (Lipinski definition) is 1. The zero-order chi connectivity index (χ0) is 23.4. The topological polar surface area (TPSA) is 54.5 Å². The lowest BCUT2D eigenvalue weighted by Gasteiger charge is -2.28. The monoisotopic (exact) mass is 449 g/mol. The van der Waals surface area contributed by atoms with E-state index in [0.717, 1.165) is 29.7 Å². The fraction of sp³-hybridized carbons (Fsp3) is 0.407. The molecule has 1 N–H and O–H groups in total. The number of nitrogens with zero attached hydrogens (tertiary/aromatic N) is 2. The van der Waals surface area contributed by atoms with Crippen LogP contribution in [0, 0.1) is 11.7 Å².